The number of hydrogen-bond donors (Lipinski definition) is 0. The molecule has 0 saturated heterocycles. The zero-order valence-electron chi connectivity index (χ0n) is 11.5. The lowest BCUT2D eigenvalue weighted by Crippen LogP contribution is -2.45. The number of benzene rings is 1. The summed E-state index contributed by atoms with van der Waals surface area (Å²) in [6.45, 7) is 12.3. The number of amides is 1. The molecule has 0 unspecified atom stereocenters. The van der Waals surface area contributed by atoms with Crippen LogP contribution in [0.4, 0.5) is 0 Å². The van der Waals surface area contributed by atoms with Crippen LogP contribution >= 0.6 is 15.9 Å². The SMILES string of the molecule is C=CCN(C(=O)c1ccc(C)c(Br)c1)C(C)(C)C. The second-order valence-electron chi connectivity index (χ2n) is 5.34. The molecular weight excluding hydrogens is 290 g/mol. The average molecular weight is 310 g/mol. The van der Waals surface area contributed by atoms with Crippen molar-refractivity contribution < 1.29 is 4.79 Å². The van der Waals surface area contributed by atoms with E-state index in [-0.39, 0.29) is 11.4 Å². The zero-order chi connectivity index (χ0) is 13.9. The molecule has 98 valence electrons. The highest BCUT2D eigenvalue weighted by atomic mass is 79.9. The molecule has 0 bridgehead atoms. The van der Waals surface area contributed by atoms with Crippen LogP contribution in [0.3, 0.4) is 0 Å². The minimum absolute atomic E-state index is 0.0306. The van der Waals surface area contributed by atoms with Gasteiger partial charge in [0.05, 0.1) is 0 Å². The minimum atomic E-state index is -0.220. The van der Waals surface area contributed by atoms with Crippen molar-refractivity contribution in [2.75, 3.05) is 6.54 Å². The largest absolute Gasteiger partial charge is 0.330 e. The van der Waals surface area contributed by atoms with Crippen LogP contribution in [0.1, 0.15) is 36.7 Å². The first-order valence-corrected chi connectivity index (χ1v) is 6.75. The van der Waals surface area contributed by atoms with Gasteiger partial charge in [-0.2, -0.15) is 0 Å². The van der Waals surface area contributed by atoms with Crippen LogP contribution in [0, 0.1) is 6.92 Å². The van der Waals surface area contributed by atoms with Gasteiger partial charge in [-0.1, -0.05) is 28.1 Å². The van der Waals surface area contributed by atoms with Crippen molar-refractivity contribution in [2.24, 2.45) is 0 Å². The zero-order valence-corrected chi connectivity index (χ0v) is 13.0. The van der Waals surface area contributed by atoms with Gasteiger partial charge in [-0.15, -0.1) is 6.58 Å². The third kappa shape index (κ3) is 3.45. The van der Waals surface area contributed by atoms with E-state index in [1.807, 2.05) is 50.8 Å². The van der Waals surface area contributed by atoms with Crippen molar-refractivity contribution in [1.29, 1.82) is 0 Å². The van der Waals surface area contributed by atoms with Crippen molar-refractivity contribution in [3.8, 4) is 0 Å². The molecule has 0 radical (unpaired) electrons. The average Bonchev–Trinajstić information content (AvgIpc) is 2.27. The van der Waals surface area contributed by atoms with E-state index in [2.05, 4.69) is 22.5 Å². The van der Waals surface area contributed by atoms with Gasteiger partial charge >= 0.3 is 0 Å². The molecule has 0 fully saturated rings. The maximum absolute atomic E-state index is 12.5. The van der Waals surface area contributed by atoms with E-state index in [0.717, 1.165) is 10.0 Å². The van der Waals surface area contributed by atoms with Gasteiger partial charge in [-0.25, -0.2) is 0 Å². The van der Waals surface area contributed by atoms with Crippen molar-refractivity contribution in [2.45, 2.75) is 33.2 Å². The monoisotopic (exact) mass is 309 g/mol. The Bertz CT molecular complexity index is 460. The van der Waals surface area contributed by atoms with Crippen LogP contribution in [0.15, 0.2) is 35.3 Å². The number of aryl methyl sites for hydroxylation is 1. The Labute approximate surface area is 118 Å². The van der Waals surface area contributed by atoms with E-state index in [1.54, 1.807) is 6.08 Å². The van der Waals surface area contributed by atoms with Gasteiger partial charge in [0, 0.05) is 22.1 Å². The van der Waals surface area contributed by atoms with Gasteiger partial charge in [-0.05, 0) is 45.4 Å². The molecule has 0 N–H and O–H groups in total. The lowest BCUT2D eigenvalue weighted by atomic mass is 10.0. The number of rotatable bonds is 3. The van der Waals surface area contributed by atoms with E-state index >= 15 is 0 Å². The summed E-state index contributed by atoms with van der Waals surface area (Å²) in [5.41, 5.74) is 1.60. The molecule has 0 aliphatic carbocycles. The molecule has 3 heteroatoms. The molecule has 1 aromatic carbocycles. The molecule has 18 heavy (non-hydrogen) atoms. The fourth-order valence-electron chi connectivity index (χ4n) is 1.67. The smallest absolute Gasteiger partial charge is 0.254 e. The fraction of sp³-hybridized carbons (Fsp3) is 0.400. The van der Waals surface area contributed by atoms with Crippen LogP contribution in [-0.4, -0.2) is 22.9 Å². The number of halogens is 1. The predicted octanol–water partition coefficient (Wildman–Crippen LogP) is 4.18. The minimum Gasteiger partial charge on any atom is -0.330 e. The summed E-state index contributed by atoms with van der Waals surface area (Å²) in [5, 5.41) is 0. The summed E-state index contributed by atoms with van der Waals surface area (Å²) in [6.07, 6.45) is 1.76. The topological polar surface area (TPSA) is 20.3 Å². The highest BCUT2D eigenvalue weighted by Crippen LogP contribution is 2.21. The first-order chi connectivity index (χ1) is 8.27. The summed E-state index contributed by atoms with van der Waals surface area (Å²) in [5.74, 6) is 0.0306. The fourth-order valence-corrected chi connectivity index (χ4v) is 2.05. The van der Waals surface area contributed by atoms with Gasteiger partial charge < -0.3 is 4.90 Å². The molecule has 0 atom stereocenters. The van der Waals surface area contributed by atoms with Crippen LogP contribution in [0.25, 0.3) is 0 Å². The Morgan fingerprint density at radius 1 is 1.44 bits per heavy atom. The van der Waals surface area contributed by atoms with Crippen LogP contribution in [0.2, 0.25) is 0 Å². The van der Waals surface area contributed by atoms with Crippen LogP contribution in [0.5, 0.6) is 0 Å². The molecule has 1 amide bonds. The predicted molar refractivity (Wildman–Crippen MR) is 79.9 cm³/mol. The number of carbonyl (C=O) groups excluding carboxylic acids is 1. The normalized spacial score (nSPS) is 11.2. The van der Waals surface area contributed by atoms with Gasteiger partial charge in [-0.3, -0.25) is 4.79 Å². The second kappa shape index (κ2) is 5.70. The molecule has 1 aromatic rings. The van der Waals surface area contributed by atoms with E-state index in [0.29, 0.717) is 12.1 Å². The highest BCUT2D eigenvalue weighted by Gasteiger charge is 2.26. The maximum Gasteiger partial charge on any atom is 0.254 e. The Kier molecular flexibility index (Phi) is 4.74. The van der Waals surface area contributed by atoms with Gasteiger partial charge in [0.25, 0.3) is 5.91 Å². The Hall–Kier alpha value is -1.09. The van der Waals surface area contributed by atoms with E-state index in [9.17, 15) is 4.79 Å². The molecule has 0 saturated carbocycles. The maximum atomic E-state index is 12.5. The Morgan fingerprint density at radius 2 is 2.06 bits per heavy atom. The Balaban J connectivity index is 3.09. The summed E-state index contributed by atoms with van der Waals surface area (Å²) >= 11 is 3.46. The second-order valence-corrected chi connectivity index (χ2v) is 6.19. The number of nitrogens with zero attached hydrogens (tertiary/aromatic N) is 1. The van der Waals surface area contributed by atoms with Gasteiger partial charge in [0.1, 0.15) is 0 Å². The third-order valence-corrected chi connectivity index (χ3v) is 3.64. The highest BCUT2D eigenvalue weighted by molar-refractivity contribution is 9.10. The van der Waals surface area contributed by atoms with E-state index in [1.165, 1.54) is 0 Å². The summed E-state index contributed by atoms with van der Waals surface area (Å²) < 4.78 is 0.959. The van der Waals surface area contributed by atoms with Crippen LogP contribution in [-0.2, 0) is 0 Å². The molecule has 0 aromatic heterocycles. The van der Waals surface area contributed by atoms with Gasteiger partial charge in [0.2, 0.25) is 0 Å². The van der Waals surface area contributed by atoms with Crippen LogP contribution < -0.4 is 0 Å². The molecule has 0 heterocycles. The summed E-state index contributed by atoms with van der Waals surface area (Å²) in [4.78, 5) is 14.3. The third-order valence-electron chi connectivity index (χ3n) is 2.79. The molecule has 1 rings (SSSR count). The summed E-state index contributed by atoms with van der Waals surface area (Å²) in [6, 6.07) is 5.69. The quantitative estimate of drug-likeness (QED) is 0.767. The van der Waals surface area contributed by atoms with Crippen molar-refractivity contribution in [3.63, 3.8) is 0 Å². The molecule has 0 spiro atoms. The Morgan fingerprint density at radius 3 is 2.50 bits per heavy atom. The van der Waals surface area contributed by atoms with Crippen molar-refractivity contribution in [3.05, 3.63) is 46.5 Å². The van der Waals surface area contributed by atoms with E-state index < -0.39 is 0 Å². The standard InChI is InChI=1S/C15H20BrNO/c1-6-9-17(15(3,4)5)14(18)12-8-7-11(2)13(16)10-12/h6-8,10H,1,9H2,2-5H3. The summed E-state index contributed by atoms with van der Waals surface area (Å²) in [7, 11) is 0. The van der Waals surface area contributed by atoms with Crippen molar-refractivity contribution in [1.82, 2.24) is 4.90 Å². The van der Waals surface area contributed by atoms with Gasteiger partial charge in [0.15, 0.2) is 0 Å². The first kappa shape index (κ1) is 15.0. The lowest BCUT2D eigenvalue weighted by molar-refractivity contribution is 0.0616. The lowest BCUT2D eigenvalue weighted by Gasteiger charge is -2.35. The number of hydrogen-bond acceptors (Lipinski definition) is 1. The molecule has 0 aliphatic rings. The molecule has 0 aliphatic heterocycles. The van der Waals surface area contributed by atoms with E-state index in [4.69, 9.17) is 0 Å². The first-order valence-electron chi connectivity index (χ1n) is 5.96. The molecule has 2 nitrogen and oxygen atoms in total. The molecular formula is C15H20BrNO. The number of carbonyl (C=O) groups is 1. The van der Waals surface area contributed by atoms with Crippen molar-refractivity contribution >= 4 is 21.8 Å².